The van der Waals surface area contributed by atoms with E-state index in [4.69, 9.17) is 4.74 Å². The molecule has 0 bridgehead atoms. The maximum atomic E-state index is 11.4. The van der Waals surface area contributed by atoms with Gasteiger partial charge in [0, 0.05) is 14.1 Å². The number of carbonyl (C=O) groups is 1. The van der Waals surface area contributed by atoms with Crippen molar-refractivity contribution in [3.05, 3.63) is 28.8 Å². The summed E-state index contributed by atoms with van der Waals surface area (Å²) in [5.74, 6) is 0.792. The zero-order valence-electron chi connectivity index (χ0n) is 10.6. The number of aryl methyl sites for hydroxylation is 3. The van der Waals surface area contributed by atoms with Crippen molar-refractivity contribution in [2.75, 3.05) is 20.7 Å². The van der Waals surface area contributed by atoms with Crippen molar-refractivity contribution < 1.29 is 9.53 Å². The van der Waals surface area contributed by atoms with Crippen LogP contribution in [0.3, 0.4) is 0 Å². The highest BCUT2D eigenvalue weighted by molar-refractivity contribution is 5.77. The van der Waals surface area contributed by atoms with Crippen LogP contribution in [0, 0.1) is 20.8 Å². The van der Waals surface area contributed by atoms with Crippen molar-refractivity contribution in [2.24, 2.45) is 0 Å². The Kier molecular flexibility index (Phi) is 3.93. The lowest BCUT2D eigenvalue weighted by molar-refractivity contribution is -0.130. The molecule has 16 heavy (non-hydrogen) atoms. The monoisotopic (exact) mass is 221 g/mol. The van der Waals surface area contributed by atoms with Crippen LogP contribution in [0.25, 0.3) is 0 Å². The number of likely N-dealkylation sites (N-methyl/N-ethyl adjacent to an activating group) is 1. The fourth-order valence-corrected chi connectivity index (χ4v) is 1.66. The maximum Gasteiger partial charge on any atom is 0.259 e. The summed E-state index contributed by atoms with van der Waals surface area (Å²) >= 11 is 0. The highest BCUT2D eigenvalue weighted by Crippen LogP contribution is 2.24. The number of hydrogen-bond donors (Lipinski definition) is 0. The van der Waals surface area contributed by atoms with Crippen molar-refractivity contribution in [1.82, 2.24) is 4.90 Å². The number of amides is 1. The summed E-state index contributed by atoms with van der Waals surface area (Å²) in [7, 11) is 3.45. The van der Waals surface area contributed by atoms with Gasteiger partial charge in [0.25, 0.3) is 5.91 Å². The SMILES string of the molecule is Cc1cc(C)c(OCC(=O)N(C)C)c(C)c1. The Bertz CT molecular complexity index is 374. The van der Waals surface area contributed by atoms with E-state index in [1.54, 1.807) is 14.1 Å². The van der Waals surface area contributed by atoms with E-state index in [-0.39, 0.29) is 12.5 Å². The molecule has 0 spiro atoms. The van der Waals surface area contributed by atoms with Crippen LogP contribution in [-0.2, 0) is 4.79 Å². The van der Waals surface area contributed by atoms with Crippen molar-refractivity contribution in [3.63, 3.8) is 0 Å². The molecule has 0 saturated carbocycles. The predicted molar refractivity (Wildman–Crippen MR) is 64.8 cm³/mol. The van der Waals surface area contributed by atoms with Crippen molar-refractivity contribution in [3.8, 4) is 5.75 Å². The summed E-state index contributed by atoms with van der Waals surface area (Å²) in [5, 5.41) is 0. The Morgan fingerprint density at radius 2 is 1.69 bits per heavy atom. The van der Waals surface area contributed by atoms with Gasteiger partial charge in [-0.2, -0.15) is 0 Å². The first kappa shape index (κ1) is 12.6. The average molecular weight is 221 g/mol. The lowest BCUT2D eigenvalue weighted by Gasteiger charge is -2.15. The Balaban J connectivity index is 2.78. The van der Waals surface area contributed by atoms with Crippen molar-refractivity contribution in [2.45, 2.75) is 20.8 Å². The van der Waals surface area contributed by atoms with Gasteiger partial charge in [0.1, 0.15) is 5.75 Å². The number of ether oxygens (including phenoxy) is 1. The van der Waals surface area contributed by atoms with Crippen LogP contribution < -0.4 is 4.74 Å². The molecule has 1 amide bonds. The van der Waals surface area contributed by atoms with Gasteiger partial charge in [-0.25, -0.2) is 0 Å². The summed E-state index contributed by atoms with van der Waals surface area (Å²) in [6.45, 7) is 6.14. The van der Waals surface area contributed by atoms with Gasteiger partial charge in [0.15, 0.2) is 6.61 Å². The fraction of sp³-hybridized carbons (Fsp3) is 0.462. The normalized spacial score (nSPS) is 10.1. The molecular formula is C13H19NO2. The molecule has 0 radical (unpaired) electrons. The lowest BCUT2D eigenvalue weighted by atomic mass is 10.1. The molecule has 0 N–H and O–H groups in total. The van der Waals surface area contributed by atoms with Crippen LogP contribution in [0.2, 0.25) is 0 Å². The van der Waals surface area contributed by atoms with Gasteiger partial charge in [0.05, 0.1) is 0 Å². The largest absolute Gasteiger partial charge is 0.483 e. The lowest BCUT2D eigenvalue weighted by Crippen LogP contribution is -2.27. The maximum absolute atomic E-state index is 11.4. The molecule has 0 aliphatic rings. The minimum atomic E-state index is -0.0284. The second-order valence-electron chi connectivity index (χ2n) is 4.30. The minimum Gasteiger partial charge on any atom is -0.483 e. The smallest absolute Gasteiger partial charge is 0.259 e. The third kappa shape index (κ3) is 2.99. The number of hydrogen-bond acceptors (Lipinski definition) is 2. The topological polar surface area (TPSA) is 29.5 Å². The molecule has 3 heteroatoms. The quantitative estimate of drug-likeness (QED) is 0.782. The second-order valence-corrected chi connectivity index (χ2v) is 4.30. The van der Waals surface area contributed by atoms with E-state index >= 15 is 0 Å². The van der Waals surface area contributed by atoms with Gasteiger partial charge in [-0.3, -0.25) is 4.79 Å². The molecule has 1 rings (SSSR count). The molecule has 1 aromatic rings. The molecule has 0 saturated heterocycles. The van der Waals surface area contributed by atoms with E-state index in [9.17, 15) is 4.79 Å². The second kappa shape index (κ2) is 5.01. The molecule has 0 aromatic heterocycles. The van der Waals surface area contributed by atoms with Gasteiger partial charge in [-0.15, -0.1) is 0 Å². The Hall–Kier alpha value is -1.51. The zero-order valence-corrected chi connectivity index (χ0v) is 10.6. The van der Waals surface area contributed by atoms with E-state index < -0.39 is 0 Å². The Morgan fingerprint density at radius 3 is 2.12 bits per heavy atom. The van der Waals surface area contributed by atoms with E-state index in [2.05, 4.69) is 19.1 Å². The van der Waals surface area contributed by atoms with E-state index in [0.717, 1.165) is 16.9 Å². The number of benzene rings is 1. The molecule has 0 fully saturated rings. The number of carbonyl (C=O) groups excluding carboxylic acids is 1. The highest BCUT2D eigenvalue weighted by atomic mass is 16.5. The van der Waals surface area contributed by atoms with Crippen molar-refractivity contribution in [1.29, 1.82) is 0 Å². The summed E-state index contributed by atoms with van der Waals surface area (Å²) in [5.41, 5.74) is 3.36. The third-order valence-corrected chi connectivity index (χ3v) is 2.44. The highest BCUT2D eigenvalue weighted by Gasteiger charge is 2.09. The van der Waals surface area contributed by atoms with Crippen molar-refractivity contribution >= 4 is 5.91 Å². The van der Waals surface area contributed by atoms with Gasteiger partial charge < -0.3 is 9.64 Å². The number of nitrogens with zero attached hydrogens (tertiary/aromatic N) is 1. The fourth-order valence-electron chi connectivity index (χ4n) is 1.66. The summed E-state index contributed by atoms with van der Waals surface area (Å²) in [6, 6.07) is 4.12. The van der Waals surface area contributed by atoms with Gasteiger partial charge in [-0.1, -0.05) is 17.7 Å². The summed E-state index contributed by atoms with van der Waals surface area (Å²) in [6.07, 6.45) is 0. The van der Waals surface area contributed by atoms with E-state index in [1.165, 1.54) is 10.5 Å². The molecular weight excluding hydrogens is 202 g/mol. The van der Waals surface area contributed by atoms with Gasteiger partial charge >= 0.3 is 0 Å². The minimum absolute atomic E-state index is 0.0284. The molecule has 0 unspecified atom stereocenters. The third-order valence-electron chi connectivity index (χ3n) is 2.44. The van der Waals surface area contributed by atoms with Crippen LogP contribution in [-0.4, -0.2) is 31.5 Å². The molecule has 3 nitrogen and oxygen atoms in total. The first-order chi connectivity index (χ1) is 7.41. The molecule has 88 valence electrons. The molecule has 0 aliphatic carbocycles. The first-order valence-corrected chi connectivity index (χ1v) is 5.32. The Labute approximate surface area is 97.0 Å². The summed E-state index contributed by atoms with van der Waals surface area (Å²) < 4.78 is 5.55. The molecule has 0 atom stereocenters. The first-order valence-electron chi connectivity index (χ1n) is 5.32. The number of rotatable bonds is 3. The average Bonchev–Trinajstić information content (AvgIpc) is 2.15. The zero-order chi connectivity index (χ0) is 12.3. The van der Waals surface area contributed by atoms with Crippen LogP contribution in [0.1, 0.15) is 16.7 Å². The van der Waals surface area contributed by atoms with Crippen LogP contribution in [0.15, 0.2) is 12.1 Å². The van der Waals surface area contributed by atoms with Gasteiger partial charge in [0.2, 0.25) is 0 Å². The molecule has 0 heterocycles. The predicted octanol–water partition coefficient (Wildman–Crippen LogP) is 2.08. The van der Waals surface area contributed by atoms with Gasteiger partial charge in [-0.05, 0) is 31.9 Å². The standard InChI is InChI=1S/C13H19NO2/c1-9-6-10(2)13(11(3)7-9)16-8-12(15)14(4)5/h6-7H,8H2,1-5H3. The van der Waals surface area contributed by atoms with Crippen LogP contribution in [0.4, 0.5) is 0 Å². The van der Waals surface area contributed by atoms with Crippen LogP contribution in [0.5, 0.6) is 5.75 Å². The van der Waals surface area contributed by atoms with E-state index in [0.29, 0.717) is 0 Å². The van der Waals surface area contributed by atoms with E-state index in [1.807, 2.05) is 13.8 Å². The van der Waals surface area contributed by atoms with Crippen LogP contribution >= 0.6 is 0 Å². The molecule has 1 aromatic carbocycles. The summed E-state index contributed by atoms with van der Waals surface area (Å²) in [4.78, 5) is 12.9. The Morgan fingerprint density at radius 1 is 1.19 bits per heavy atom. The molecule has 0 aliphatic heterocycles.